The number of aromatic nitrogens is 1. The molecule has 0 amide bonds. The standard InChI is InChI=1S/C87H144BF2N2O6/c1-5-9-13-17-21-25-29-33-37-41-45-49-53-57-69-93-82-67-61-76(73-86(82)95-71-59-55-51-47-43-39-35-31-27-23-19-15-11-7-3)78-63-65-80(91-78)84-75-85(98-88(89,90)97-84)81-66-64-79(92-81)77-62-68-83(94-70-58-54-50-46-42-38-34-30-26-22-18-14-10-6-2)87(74-77)96-72-60-56-52-48-44-40-36-32-28-24-20-16-12-8-4/h61-68,73-75,91H,5-60,69-72H2,1-4H3/q-1/b85-81-. The van der Waals surface area contributed by atoms with E-state index in [9.17, 15) is 0 Å². The third kappa shape index (κ3) is 39.5. The fourth-order valence-corrected chi connectivity index (χ4v) is 13.9. The highest BCUT2D eigenvalue weighted by Crippen LogP contribution is 2.39. The maximum atomic E-state index is 15.6. The second-order valence-corrected chi connectivity index (χ2v) is 29.2. The maximum absolute atomic E-state index is 15.6. The third-order valence-corrected chi connectivity index (χ3v) is 20.2. The van der Waals surface area contributed by atoms with E-state index in [-0.39, 0.29) is 11.5 Å². The smallest absolute Gasteiger partial charge is 0.626 e. The van der Waals surface area contributed by atoms with Gasteiger partial charge in [-0.25, -0.2) is 4.99 Å². The summed E-state index contributed by atoms with van der Waals surface area (Å²) in [4.78, 5) is 8.26. The molecule has 0 fully saturated rings. The van der Waals surface area contributed by atoms with E-state index < -0.39 is 7.11 Å². The lowest BCUT2D eigenvalue weighted by Crippen LogP contribution is -2.34. The number of H-pyrrole nitrogens is 1. The van der Waals surface area contributed by atoms with Gasteiger partial charge in [0.1, 0.15) is 17.2 Å². The number of aromatic amines is 1. The van der Waals surface area contributed by atoms with Crippen molar-refractivity contribution in [2.75, 3.05) is 26.4 Å². The number of allylic oxidation sites excluding steroid dienone is 3. The third-order valence-electron chi connectivity index (χ3n) is 20.2. The minimum absolute atomic E-state index is 0.0195. The van der Waals surface area contributed by atoms with Gasteiger partial charge >= 0.3 is 7.11 Å². The highest BCUT2D eigenvalue weighted by atomic mass is 19.3. The summed E-state index contributed by atoms with van der Waals surface area (Å²) in [6, 6.07) is 15.6. The first kappa shape index (κ1) is 84.0. The first-order chi connectivity index (χ1) is 48.3. The van der Waals surface area contributed by atoms with Gasteiger partial charge < -0.3 is 41.9 Å². The summed E-state index contributed by atoms with van der Waals surface area (Å²) in [6.45, 7) is 11.6. The molecule has 3 heterocycles. The predicted octanol–water partition coefficient (Wildman–Crippen LogP) is 29.2. The molecule has 5 rings (SSSR count). The number of nitrogens with zero attached hydrogens (tertiary/aromatic N) is 1. The molecule has 556 valence electrons. The van der Waals surface area contributed by atoms with Crippen molar-refractivity contribution < 1.29 is 36.9 Å². The lowest BCUT2D eigenvalue weighted by molar-refractivity contribution is 0.171. The molecule has 0 atom stereocenters. The SMILES string of the molecule is CCCCCCCCCCCCCCCCOc1ccc(C2=N/C(=C3/C=C(c4ccc(-c5ccc(OCCCCCCCCCCCCCCCC)c(OCCCCCCCCCCCCCCCC)c5)[nH]4)O[B-](F)(F)O3)C=C2)cc1OCCCCCCCCCCCCCCCC. The van der Waals surface area contributed by atoms with Crippen molar-refractivity contribution in [3.8, 4) is 34.3 Å². The molecule has 3 aromatic rings. The van der Waals surface area contributed by atoms with Crippen LogP contribution in [0.1, 0.15) is 399 Å². The molecule has 1 aromatic heterocycles. The Labute approximate surface area is 599 Å². The second kappa shape index (κ2) is 56.9. The van der Waals surface area contributed by atoms with Gasteiger partial charge in [0.2, 0.25) is 0 Å². The Hall–Kier alpha value is -4.67. The van der Waals surface area contributed by atoms with Crippen LogP contribution >= 0.6 is 0 Å². The number of nitrogens with one attached hydrogen (secondary N) is 1. The van der Waals surface area contributed by atoms with Crippen LogP contribution in [0, 0.1) is 0 Å². The van der Waals surface area contributed by atoms with E-state index in [4.69, 9.17) is 33.2 Å². The van der Waals surface area contributed by atoms with E-state index in [0.29, 0.717) is 55.0 Å². The Morgan fingerprint density at radius 1 is 0.316 bits per heavy atom. The first-order valence-corrected chi connectivity index (χ1v) is 41.9. The average molecular weight is 1360 g/mol. The van der Waals surface area contributed by atoms with Gasteiger partial charge in [-0.2, -0.15) is 0 Å². The Morgan fingerprint density at radius 2 is 0.602 bits per heavy atom. The topological polar surface area (TPSA) is 83.5 Å². The first-order valence-electron chi connectivity index (χ1n) is 41.9. The summed E-state index contributed by atoms with van der Waals surface area (Å²) in [5, 5.41) is 0. The van der Waals surface area contributed by atoms with Gasteiger partial charge in [-0.05, 0) is 86.4 Å². The maximum Gasteiger partial charge on any atom is 0.726 e. The summed E-state index contributed by atoms with van der Waals surface area (Å²) in [6.07, 6.45) is 78.4. The predicted molar refractivity (Wildman–Crippen MR) is 417 cm³/mol. The minimum atomic E-state index is -4.70. The highest BCUT2D eigenvalue weighted by molar-refractivity contribution is 6.53. The number of hydrogen-bond acceptors (Lipinski definition) is 7. The van der Waals surface area contributed by atoms with Gasteiger partial charge in [-0.15, -0.1) is 0 Å². The molecule has 0 spiro atoms. The summed E-state index contributed by atoms with van der Waals surface area (Å²) >= 11 is 0. The largest absolute Gasteiger partial charge is 0.726 e. The molecule has 11 heteroatoms. The van der Waals surface area contributed by atoms with Crippen LogP contribution in [0.25, 0.3) is 17.0 Å². The van der Waals surface area contributed by atoms with Crippen LogP contribution in [0.5, 0.6) is 23.0 Å². The van der Waals surface area contributed by atoms with Crippen LogP contribution in [0.4, 0.5) is 8.63 Å². The molecule has 0 aliphatic carbocycles. The van der Waals surface area contributed by atoms with E-state index in [0.717, 1.165) is 79.7 Å². The van der Waals surface area contributed by atoms with Crippen molar-refractivity contribution in [2.24, 2.45) is 4.99 Å². The summed E-state index contributed by atoms with van der Waals surface area (Å²) in [5.41, 5.74) is 3.75. The fraction of sp³-hybridized carbons (Fsp3) is 0.736. The zero-order chi connectivity index (χ0) is 69.3. The van der Waals surface area contributed by atoms with Crippen LogP contribution in [0.2, 0.25) is 0 Å². The number of unbranched alkanes of at least 4 members (excludes halogenated alkanes) is 52. The summed E-state index contributed by atoms with van der Waals surface area (Å²) < 4.78 is 67.8. The van der Waals surface area contributed by atoms with Crippen molar-refractivity contribution in [3.05, 3.63) is 89.5 Å². The van der Waals surface area contributed by atoms with E-state index in [1.807, 2.05) is 48.5 Å². The molecule has 2 aliphatic heterocycles. The molecule has 1 N–H and O–H groups in total. The van der Waals surface area contributed by atoms with Gasteiger partial charge in [0.25, 0.3) is 0 Å². The van der Waals surface area contributed by atoms with Crippen molar-refractivity contribution >= 4 is 18.6 Å². The zero-order valence-electron chi connectivity index (χ0n) is 63.5. The van der Waals surface area contributed by atoms with Crippen molar-refractivity contribution in [1.29, 1.82) is 0 Å². The molecule has 2 aliphatic rings. The molecular weight excluding hydrogens is 1220 g/mol. The molecule has 0 saturated heterocycles. The molecule has 8 nitrogen and oxygen atoms in total. The van der Waals surface area contributed by atoms with Gasteiger partial charge in [0.05, 0.1) is 37.8 Å². The highest BCUT2D eigenvalue weighted by Gasteiger charge is 2.39. The molecule has 0 bridgehead atoms. The number of rotatable bonds is 67. The fourth-order valence-electron chi connectivity index (χ4n) is 13.9. The molecule has 98 heavy (non-hydrogen) atoms. The van der Waals surface area contributed by atoms with E-state index in [1.54, 1.807) is 12.1 Å². The minimum Gasteiger partial charge on any atom is -0.626 e. The van der Waals surface area contributed by atoms with Crippen LogP contribution in [-0.2, 0) is 9.31 Å². The molecular formula is C87H144BF2N2O6-. The second-order valence-electron chi connectivity index (χ2n) is 29.2. The summed E-state index contributed by atoms with van der Waals surface area (Å²) in [7, 11) is -4.70. The monoisotopic (exact) mass is 1360 g/mol. The van der Waals surface area contributed by atoms with Crippen molar-refractivity contribution in [1.82, 2.24) is 4.98 Å². The quantitative estimate of drug-likeness (QED) is 0.0448. The lowest BCUT2D eigenvalue weighted by Gasteiger charge is -2.34. The van der Waals surface area contributed by atoms with Crippen LogP contribution in [0.15, 0.2) is 83.2 Å². The Kier molecular flexibility index (Phi) is 48.8. The van der Waals surface area contributed by atoms with Crippen LogP contribution in [0.3, 0.4) is 0 Å². The van der Waals surface area contributed by atoms with Gasteiger partial charge in [-0.1, -0.05) is 362 Å². The zero-order valence-corrected chi connectivity index (χ0v) is 63.5. The lowest BCUT2D eigenvalue weighted by atomic mass is 10.0. The normalized spacial score (nSPS) is 14.2. The number of hydrogen-bond donors (Lipinski definition) is 1. The Balaban J connectivity index is 1.17. The molecule has 0 unspecified atom stereocenters. The van der Waals surface area contributed by atoms with Gasteiger partial charge in [0, 0.05) is 22.9 Å². The van der Waals surface area contributed by atoms with Gasteiger partial charge in [-0.3, -0.25) is 0 Å². The van der Waals surface area contributed by atoms with E-state index in [2.05, 4.69) is 32.7 Å². The Bertz CT molecular complexity index is 2560. The van der Waals surface area contributed by atoms with Crippen LogP contribution in [-0.4, -0.2) is 44.2 Å². The average Bonchev–Trinajstić information content (AvgIpc) is 1.60. The van der Waals surface area contributed by atoms with Crippen molar-refractivity contribution in [3.63, 3.8) is 0 Å². The van der Waals surface area contributed by atoms with Crippen molar-refractivity contribution in [2.45, 2.75) is 387 Å². The number of benzene rings is 2. The van der Waals surface area contributed by atoms with Crippen LogP contribution < -0.4 is 18.9 Å². The van der Waals surface area contributed by atoms with E-state index in [1.165, 1.54) is 314 Å². The van der Waals surface area contributed by atoms with E-state index >= 15 is 8.63 Å². The summed E-state index contributed by atoms with van der Waals surface area (Å²) in [5.74, 6) is 2.78. The number of ether oxygens (including phenoxy) is 4. The molecule has 2 aromatic carbocycles. The number of aliphatic imine (C=N–C) groups is 1. The van der Waals surface area contributed by atoms with Gasteiger partial charge in [0.15, 0.2) is 23.0 Å². The molecule has 0 saturated carbocycles. The molecule has 0 radical (unpaired) electrons. The Morgan fingerprint density at radius 3 is 0.939 bits per heavy atom. The number of halogens is 2.